The van der Waals surface area contributed by atoms with Gasteiger partial charge in [0, 0.05) is 0 Å². The van der Waals surface area contributed by atoms with Gasteiger partial charge in [-0.15, -0.1) is 0 Å². The number of rotatable bonds is 6. The van der Waals surface area contributed by atoms with E-state index >= 15 is 0 Å². The van der Waals surface area contributed by atoms with Gasteiger partial charge < -0.3 is 31.3 Å². The molecule has 0 aromatic carbocycles. The van der Waals surface area contributed by atoms with Gasteiger partial charge in [-0.25, -0.2) is 10.2 Å². The Balaban J connectivity index is 4.21. The summed E-state index contributed by atoms with van der Waals surface area (Å²) in [5.74, 6) is 0. The maximum Gasteiger partial charge on any atom is 0.332 e. The molecule has 9 heteroatoms. The summed E-state index contributed by atoms with van der Waals surface area (Å²) in [6.07, 6.45) is -6.03. The first kappa shape index (κ1) is 14.7. The fraction of sp³-hybridized carbons (Fsp3) is 0.714. The van der Waals surface area contributed by atoms with Crippen molar-refractivity contribution in [2.75, 3.05) is 6.61 Å². The average molecular weight is 237 g/mol. The Morgan fingerprint density at radius 1 is 1.31 bits per heavy atom. The normalized spacial score (nSPS) is 19.1. The number of urea groups is 1. The molecule has 0 rings (SSSR count). The highest BCUT2D eigenvalue weighted by atomic mass is 16.4. The van der Waals surface area contributed by atoms with Crippen molar-refractivity contribution in [3.8, 4) is 0 Å². The first-order valence-electron chi connectivity index (χ1n) is 4.32. The van der Waals surface area contributed by atoms with E-state index in [0.29, 0.717) is 6.21 Å². The van der Waals surface area contributed by atoms with E-state index in [1.54, 1.807) is 5.43 Å². The van der Waals surface area contributed by atoms with Crippen molar-refractivity contribution < 1.29 is 30.3 Å². The van der Waals surface area contributed by atoms with Crippen LogP contribution in [0.15, 0.2) is 5.10 Å². The molecule has 0 aliphatic heterocycles. The number of aliphatic hydroxyl groups excluding tert-OH is 5. The van der Waals surface area contributed by atoms with Gasteiger partial charge in [-0.05, 0) is 0 Å². The van der Waals surface area contributed by atoms with Crippen molar-refractivity contribution in [2.24, 2.45) is 10.8 Å². The Morgan fingerprint density at radius 3 is 2.31 bits per heavy atom. The van der Waals surface area contributed by atoms with Crippen molar-refractivity contribution in [1.29, 1.82) is 0 Å². The predicted octanol–water partition coefficient (Wildman–Crippen LogP) is -3.92. The lowest BCUT2D eigenvalue weighted by Crippen LogP contribution is -2.46. The molecule has 0 aliphatic carbocycles. The molecule has 0 aliphatic rings. The molecule has 0 radical (unpaired) electrons. The van der Waals surface area contributed by atoms with Crippen LogP contribution in [0.2, 0.25) is 0 Å². The van der Waals surface area contributed by atoms with Crippen molar-refractivity contribution in [1.82, 2.24) is 5.43 Å². The zero-order valence-electron chi connectivity index (χ0n) is 8.26. The smallest absolute Gasteiger partial charge is 0.332 e. The molecule has 8 N–H and O–H groups in total. The summed E-state index contributed by atoms with van der Waals surface area (Å²) in [7, 11) is 0. The van der Waals surface area contributed by atoms with Crippen LogP contribution in [0.25, 0.3) is 0 Å². The molecule has 0 saturated carbocycles. The van der Waals surface area contributed by atoms with Gasteiger partial charge in [0.15, 0.2) is 0 Å². The number of carbonyl (C=O) groups is 1. The average Bonchev–Trinajstić information content (AvgIpc) is 2.25. The monoisotopic (exact) mass is 237 g/mol. The van der Waals surface area contributed by atoms with Crippen LogP contribution in [0, 0.1) is 0 Å². The molecule has 0 bridgehead atoms. The summed E-state index contributed by atoms with van der Waals surface area (Å²) in [4.78, 5) is 10.2. The van der Waals surface area contributed by atoms with E-state index in [2.05, 4.69) is 10.8 Å². The number of hydrogen-bond acceptors (Lipinski definition) is 7. The summed E-state index contributed by atoms with van der Waals surface area (Å²) < 4.78 is 0. The predicted molar refractivity (Wildman–Crippen MR) is 52.3 cm³/mol. The van der Waals surface area contributed by atoms with Crippen molar-refractivity contribution in [3.05, 3.63) is 0 Å². The number of hydrogen-bond donors (Lipinski definition) is 7. The Hall–Kier alpha value is -1.26. The van der Waals surface area contributed by atoms with E-state index in [4.69, 9.17) is 10.2 Å². The minimum absolute atomic E-state index is 0.711. The highest BCUT2D eigenvalue weighted by Crippen LogP contribution is 2.03. The van der Waals surface area contributed by atoms with Crippen LogP contribution >= 0.6 is 0 Å². The molecular formula is C7H15N3O6. The van der Waals surface area contributed by atoms with Crippen molar-refractivity contribution >= 4 is 12.2 Å². The fourth-order valence-electron chi connectivity index (χ4n) is 0.803. The van der Waals surface area contributed by atoms with Crippen LogP contribution in [0.4, 0.5) is 4.79 Å². The second-order valence-electron chi connectivity index (χ2n) is 2.98. The Kier molecular flexibility index (Phi) is 6.53. The molecular weight excluding hydrogens is 222 g/mol. The first-order chi connectivity index (χ1) is 7.40. The lowest BCUT2D eigenvalue weighted by atomic mass is 10.0. The van der Waals surface area contributed by atoms with Crippen molar-refractivity contribution in [3.63, 3.8) is 0 Å². The highest BCUT2D eigenvalue weighted by molar-refractivity contribution is 5.73. The molecule has 0 fully saturated rings. The highest BCUT2D eigenvalue weighted by Gasteiger charge is 2.29. The van der Waals surface area contributed by atoms with Gasteiger partial charge in [0.05, 0.1) is 12.8 Å². The number of nitrogens with one attached hydrogen (secondary N) is 1. The number of hydrazone groups is 1. The van der Waals surface area contributed by atoms with Gasteiger partial charge in [0.1, 0.15) is 24.4 Å². The van der Waals surface area contributed by atoms with Gasteiger partial charge in [-0.2, -0.15) is 5.10 Å². The zero-order chi connectivity index (χ0) is 12.7. The van der Waals surface area contributed by atoms with Gasteiger partial charge >= 0.3 is 6.03 Å². The lowest BCUT2D eigenvalue weighted by Gasteiger charge is -2.23. The summed E-state index contributed by atoms with van der Waals surface area (Å²) in [5, 5.41) is 48.2. The van der Waals surface area contributed by atoms with E-state index in [1.807, 2.05) is 0 Å². The van der Waals surface area contributed by atoms with Crippen LogP contribution in [-0.2, 0) is 0 Å². The third kappa shape index (κ3) is 5.00. The maximum atomic E-state index is 10.2. The summed E-state index contributed by atoms with van der Waals surface area (Å²) in [6, 6.07) is -0.964. The SMILES string of the molecule is NC(=O)N/N=C/[C@@H](O)[C@@H](O)[C@H](O)[C@H](O)CO. The van der Waals surface area contributed by atoms with E-state index in [9.17, 15) is 20.1 Å². The summed E-state index contributed by atoms with van der Waals surface area (Å²) in [5.41, 5.74) is 6.41. The van der Waals surface area contributed by atoms with Gasteiger partial charge in [0.25, 0.3) is 0 Å². The molecule has 16 heavy (non-hydrogen) atoms. The van der Waals surface area contributed by atoms with Crippen LogP contribution in [0.3, 0.4) is 0 Å². The molecule has 2 amide bonds. The number of nitrogens with zero attached hydrogens (tertiary/aromatic N) is 1. The van der Waals surface area contributed by atoms with E-state index in [0.717, 1.165) is 0 Å². The van der Waals surface area contributed by atoms with Gasteiger partial charge in [0.2, 0.25) is 0 Å². The van der Waals surface area contributed by atoms with Crippen molar-refractivity contribution in [2.45, 2.75) is 24.4 Å². The standard InChI is InChI=1S/C7H15N3O6/c8-7(16)10-9-1-3(12)5(14)6(15)4(13)2-11/h1,3-6,11-15H,2H2,(H3,8,10,16)/b9-1+/t3-,4-,5-,6-/m1/s1. The maximum absolute atomic E-state index is 10.2. The van der Waals surface area contributed by atoms with Gasteiger partial charge in [-0.3, -0.25) is 0 Å². The molecule has 0 spiro atoms. The van der Waals surface area contributed by atoms with Crippen LogP contribution in [0.5, 0.6) is 0 Å². The second-order valence-corrected chi connectivity index (χ2v) is 2.98. The molecule has 0 aromatic rings. The summed E-state index contributed by atoms with van der Waals surface area (Å²) >= 11 is 0. The van der Waals surface area contributed by atoms with E-state index in [1.165, 1.54) is 0 Å². The Labute approximate surface area is 90.8 Å². The number of nitrogens with two attached hydrogens (primary N) is 1. The lowest BCUT2D eigenvalue weighted by molar-refractivity contribution is -0.0999. The molecule has 0 heterocycles. The second kappa shape index (κ2) is 7.09. The number of aliphatic hydroxyl groups is 5. The third-order valence-corrected chi connectivity index (χ3v) is 1.68. The molecule has 4 atom stereocenters. The van der Waals surface area contributed by atoms with E-state index < -0.39 is 37.1 Å². The largest absolute Gasteiger partial charge is 0.394 e. The fourth-order valence-corrected chi connectivity index (χ4v) is 0.803. The van der Waals surface area contributed by atoms with Crippen LogP contribution in [-0.4, -0.2) is 68.8 Å². The third-order valence-electron chi connectivity index (χ3n) is 1.68. The number of primary amides is 1. The Bertz CT molecular complexity index is 248. The van der Waals surface area contributed by atoms with Crippen LogP contribution in [0.1, 0.15) is 0 Å². The molecule has 9 nitrogen and oxygen atoms in total. The molecule has 0 aromatic heterocycles. The topological polar surface area (TPSA) is 169 Å². The molecule has 0 unspecified atom stereocenters. The molecule has 94 valence electrons. The first-order valence-corrected chi connectivity index (χ1v) is 4.32. The van der Waals surface area contributed by atoms with E-state index in [-0.39, 0.29) is 0 Å². The number of carbonyl (C=O) groups excluding carboxylic acids is 1. The minimum atomic E-state index is -1.76. The molecule has 0 saturated heterocycles. The minimum Gasteiger partial charge on any atom is -0.394 e. The zero-order valence-corrected chi connectivity index (χ0v) is 8.26. The van der Waals surface area contributed by atoms with Gasteiger partial charge in [-0.1, -0.05) is 0 Å². The summed E-state index contributed by atoms with van der Waals surface area (Å²) in [6.45, 7) is -0.776. The Morgan fingerprint density at radius 2 is 1.88 bits per heavy atom. The number of amides is 2. The van der Waals surface area contributed by atoms with Crippen LogP contribution < -0.4 is 11.2 Å². The quantitative estimate of drug-likeness (QED) is 0.184.